The number of aromatic nitrogens is 2. The van der Waals surface area contributed by atoms with Gasteiger partial charge in [0.25, 0.3) is 5.91 Å². The molecule has 1 aromatic heterocycles. The van der Waals surface area contributed by atoms with Crippen LogP contribution in [-0.2, 0) is 0 Å². The Morgan fingerprint density at radius 2 is 1.94 bits per heavy atom. The molecular weight excluding hydrogens is 238 g/mol. The molecule has 17 heavy (non-hydrogen) atoms. The second-order valence-electron chi connectivity index (χ2n) is 4.58. The van der Waals surface area contributed by atoms with Gasteiger partial charge in [-0.3, -0.25) is 4.79 Å². The SMILES string of the molecule is C[C@@H]1CCC[C@H](C)N1C(=O)c1ccc(Cl)nn1. The molecule has 1 aliphatic heterocycles. The maximum absolute atomic E-state index is 12.3. The second kappa shape index (κ2) is 5.00. The summed E-state index contributed by atoms with van der Waals surface area (Å²) in [5.74, 6) is -0.0473. The minimum Gasteiger partial charge on any atom is -0.332 e. The van der Waals surface area contributed by atoms with Crippen molar-refractivity contribution < 1.29 is 4.79 Å². The summed E-state index contributed by atoms with van der Waals surface area (Å²) in [6, 6.07) is 3.76. The van der Waals surface area contributed by atoms with Crippen LogP contribution in [0.4, 0.5) is 0 Å². The molecule has 0 aliphatic carbocycles. The van der Waals surface area contributed by atoms with Gasteiger partial charge in [0.15, 0.2) is 10.8 Å². The topological polar surface area (TPSA) is 46.1 Å². The zero-order valence-electron chi connectivity index (χ0n) is 10.1. The van der Waals surface area contributed by atoms with E-state index in [1.165, 1.54) is 6.42 Å². The predicted octanol–water partition coefficient (Wildman–Crippen LogP) is 2.53. The highest BCUT2D eigenvalue weighted by Crippen LogP contribution is 2.24. The molecule has 2 heterocycles. The van der Waals surface area contributed by atoms with E-state index in [2.05, 4.69) is 24.0 Å². The molecule has 0 radical (unpaired) electrons. The van der Waals surface area contributed by atoms with Crippen molar-refractivity contribution in [2.75, 3.05) is 0 Å². The van der Waals surface area contributed by atoms with Crippen molar-refractivity contribution in [1.29, 1.82) is 0 Å². The first kappa shape index (κ1) is 12.3. The smallest absolute Gasteiger partial charge is 0.274 e. The third-order valence-electron chi connectivity index (χ3n) is 3.28. The number of rotatable bonds is 1. The minimum absolute atomic E-state index is 0.0473. The molecule has 1 amide bonds. The van der Waals surface area contributed by atoms with Crippen LogP contribution in [0.2, 0.25) is 5.15 Å². The lowest BCUT2D eigenvalue weighted by atomic mass is 9.97. The summed E-state index contributed by atoms with van der Waals surface area (Å²) in [5, 5.41) is 7.87. The molecule has 4 nitrogen and oxygen atoms in total. The molecular formula is C12H16ClN3O. The standard InChI is InChI=1S/C12H16ClN3O/c1-8-4-3-5-9(2)16(8)12(17)10-6-7-11(13)15-14-10/h6-9H,3-5H2,1-2H3/t8-,9+. The van der Waals surface area contributed by atoms with Gasteiger partial charge < -0.3 is 4.90 Å². The van der Waals surface area contributed by atoms with Gasteiger partial charge in [0.05, 0.1) is 0 Å². The van der Waals surface area contributed by atoms with Crippen molar-refractivity contribution in [2.24, 2.45) is 0 Å². The summed E-state index contributed by atoms with van der Waals surface area (Å²) in [4.78, 5) is 14.2. The third kappa shape index (κ3) is 2.57. The molecule has 2 rings (SSSR count). The highest BCUT2D eigenvalue weighted by molar-refractivity contribution is 6.29. The molecule has 0 aromatic carbocycles. The maximum atomic E-state index is 12.3. The lowest BCUT2D eigenvalue weighted by Gasteiger charge is -2.38. The third-order valence-corrected chi connectivity index (χ3v) is 3.48. The van der Waals surface area contributed by atoms with Crippen molar-refractivity contribution in [3.8, 4) is 0 Å². The van der Waals surface area contributed by atoms with Gasteiger partial charge >= 0.3 is 0 Å². The molecule has 1 aromatic rings. The quantitative estimate of drug-likeness (QED) is 0.773. The first-order valence-corrected chi connectivity index (χ1v) is 6.29. The highest BCUT2D eigenvalue weighted by Gasteiger charge is 2.30. The Kier molecular flexibility index (Phi) is 3.62. The van der Waals surface area contributed by atoms with Gasteiger partial charge in [0.1, 0.15) is 0 Å². The lowest BCUT2D eigenvalue weighted by Crippen LogP contribution is -2.47. The summed E-state index contributed by atoms with van der Waals surface area (Å²) in [5.41, 5.74) is 0.370. The summed E-state index contributed by atoms with van der Waals surface area (Å²) in [7, 11) is 0. The molecule has 0 unspecified atom stereocenters. The molecule has 0 bridgehead atoms. The van der Waals surface area contributed by atoms with E-state index in [0.29, 0.717) is 10.8 Å². The van der Waals surface area contributed by atoms with E-state index >= 15 is 0 Å². The van der Waals surface area contributed by atoms with Gasteiger partial charge in [-0.05, 0) is 45.2 Å². The van der Waals surface area contributed by atoms with Crippen LogP contribution < -0.4 is 0 Å². The summed E-state index contributed by atoms with van der Waals surface area (Å²) < 4.78 is 0. The molecule has 0 spiro atoms. The van der Waals surface area contributed by atoms with Gasteiger partial charge in [0, 0.05) is 12.1 Å². The molecule has 1 saturated heterocycles. The number of carbonyl (C=O) groups excluding carboxylic acids is 1. The van der Waals surface area contributed by atoms with Gasteiger partial charge in [-0.15, -0.1) is 10.2 Å². The fraction of sp³-hybridized carbons (Fsp3) is 0.583. The lowest BCUT2D eigenvalue weighted by molar-refractivity contribution is 0.0503. The van der Waals surface area contributed by atoms with E-state index in [1.54, 1.807) is 12.1 Å². The molecule has 2 atom stereocenters. The molecule has 1 fully saturated rings. The first-order valence-electron chi connectivity index (χ1n) is 5.91. The van der Waals surface area contributed by atoms with Crippen LogP contribution in [0.3, 0.4) is 0 Å². The van der Waals surface area contributed by atoms with E-state index < -0.39 is 0 Å². The van der Waals surface area contributed by atoms with Crippen LogP contribution in [0.25, 0.3) is 0 Å². The fourth-order valence-corrected chi connectivity index (χ4v) is 2.48. The summed E-state index contributed by atoms with van der Waals surface area (Å²) >= 11 is 5.66. The normalized spacial score (nSPS) is 24.8. The largest absolute Gasteiger partial charge is 0.332 e. The van der Waals surface area contributed by atoms with Crippen LogP contribution in [0.15, 0.2) is 12.1 Å². The number of hydrogen-bond acceptors (Lipinski definition) is 3. The number of carbonyl (C=O) groups is 1. The van der Waals surface area contributed by atoms with Crippen LogP contribution in [0.5, 0.6) is 0 Å². The van der Waals surface area contributed by atoms with Crippen LogP contribution in [0, 0.1) is 0 Å². The Hall–Kier alpha value is -1.16. The predicted molar refractivity (Wildman–Crippen MR) is 66.0 cm³/mol. The molecule has 0 N–H and O–H groups in total. The van der Waals surface area contributed by atoms with E-state index in [4.69, 9.17) is 11.6 Å². The molecule has 0 saturated carbocycles. The van der Waals surface area contributed by atoms with Crippen molar-refractivity contribution in [3.63, 3.8) is 0 Å². The number of likely N-dealkylation sites (tertiary alicyclic amines) is 1. The average Bonchev–Trinajstić information content (AvgIpc) is 2.29. The van der Waals surface area contributed by atoms with Gasteiger partial charge in [0.2, 0.25) is 0 Å². The first-order chi connectivity index (χ1) is 8.09. The van der Waals surface area contributed by atoms with E-state index in [-0.39, 0.29) is 18.0 Å². The Balaban J connectivity index is 2.20. The van der Waals surface area contributed by atoms with E-state index in [9.17, 15) is 4.79 Å². The van der Waals surface area contributed by atoms with Crippen molar-refractivity contribution in [1.82, 2.24) is 15.1 Å². The zero-order chi connectivity index (χ0) is 12.4. The van der Waals surface area contributed by atoms with Crippen LogP contribution >= 0.6 is 11.6 Å². The zero-order valence-corrected chi connectivity index (χ0v) is 10.8. The molecule has 92 valence electrons. The van der Waals surface area contributed by atoms with Gasteiger partial charge in [-0.25, -0.2) is 0 Å². The van der Waals surface area contributed by atoms with Gasteiger partial charge in [-0.2, -0.15) is 0 Å². The summed E-state index contributed by atoms with van der Waals surface area (Å²) in [6.45, 7) is 4.16. The number of hydrogen-bond donors (Lipinski definition) is 0. The Morgan fingerprint density at radius 3 is 2.47 bits per heavy atom. The van der Waals surface area contributed by atoms with Crippen molar-refractivity contribution in [3.05, 3.63) is 23.0 Å². The fourth-order valence-electron chi connectivity index (χ4n) is 2.38. The van der Waals surface area contributed by atoms with Crippen molar-refractivity contribution in [2.45, 2.75) is 45.2 Å². The maximum Gasteiger partial charge on any atom is 0.274 e. The van der Waals surface area contributed by atoms with Crippen molar-refractivity contribution >= 4 is 17.5 Å². The van der Waals surface area contributed by atoms with E-state index in [1.807, 2.05) is 4.90 Å². The highest BCUT2D eigenvalue weighted by atomic mass is 35.5. The Labute approximate surface area is 106 Å². The molecule has 1 aliphatic rings. The monoisotopic (exact) mass is 253 g/mol. The van der Waals surface area contributed by atoms with E-state index in [0.717, 1.165) is 12.8 Å². The number of amides is 1. The van der Waals surface area contributed by atoms with Crippen LogP contribution in [-0.4, -0.2) is 33.1 Å². The second-order valence-corrected chi connectivity index (χ2v) is 4.97. The summed E-state index contributed by atoms with van der Waals surface area (Å²) in [6.07, 6.45) is 3.28. The van der Waals surface area contributed by atoms with Gasteiger partial charge in [-0.1, -0.05) is 11.6 Å². The Bertz CT molecular complexity index is 397. The molecule has 5 heteroatoms. The number of halogens is 1. The number of piperidine rings is 1. The number of nitrogens with zero attached hydrogens (tertiary/aromatic N) is 3. The average molecular weight is 254 g/mol. The minimum atomic E-state index is -0.0473. The van der Waals surface area contributed by atoms with Crippen LogP contribution in [0.1, 0.15) is 43.6 Å². The Morgan fingerprint density at radius 1 is 1.29 bits per heavy atom.